The van der Waals surface area contributed by atoms with Gasteiger partial charge in [-0.1, -0.05) is 50.2 Å². The third-order valence-corrected chi connectivity index (χ3v) is 5.98. The molecule has 0 aliphatic rings. The molecule has 1 unspecified atom stereocenters. The Morgan fingerprint density at radius 1 is 0.903 bits per heavy atom. The van der Waals surface area contributed by atoms with Gasteiger partial charge in [0.15, 0.2) is 6.20 Å². The van der Waals surface area contributed by atoms with Crippen LogP contribution in [0.1, 0.15) is 34.9 Å². The fraction of sp³-hybridized carbons (Fsp3) is 0.179. The second-order valence-corrected chi connectivity index (χ2v) is 8.08. The maximum absolute atomic E-state index is 15.2. The predicted octanol–water partition coefficient (Wildman–Crippen LogP) is 7.32. The molecule has 0 fully saturated rings. The summed E-state index contributed by atoms with van der Waals surface area (Å²) in [4.78, 5) is 0. The van der Waals surface area contributed by atoms with Gasteiger partial charge in [0.25, 0.3) is 0 Å². The maximum atomic E-state index is 15.2. The van der Waals surface area contributed by atoms with E-state index in [1.807, 2.05) is 49.0 Å². The van der Waals surface area contributed by atoms with Crippen molar-refractivity contribution in [2.45, 2.75) is 26.6 Å². The summed E-state index contributed by atoms with van der Waals surface area (Å²) in [6.07, 6.45) is 1.99. The Kier molecular flexibility index (Phi) is 3.85. The predicted molar refractivity (Wildman–Crippen MR) is 125 cm³/mol. The number of aryl methyl sites for hydroxylation is 2. The molecule has 5 aromatic rings. The number of hydrogen-bond acceptors (Lipinski definition) is 1. The Morgan fingerprint density at radius 2 is 1.61 bits per heavy atom. The molecule has 0 bridgehead atoms. The van der Waals surface area contributed by atoms with Crippen LogP contribution >= 0.6 is 0 Å². The maximum Gasteiger partial charge on any atom is 0.216 e. The zero-order chi connectivity index (χ0) is 24.2. The Labute approximate surface area is 185 Å². The molecule has 0 radical (unpaired) electrons. The summed E-state index contributed by atoms with van der Waals surface area (Å²) >= 11 is 0. The number of benzene rings is 3. The molecule has 154 valence electrons. The summed E-state index contributed by atoms with van der Waals surface area (Å²) in [5, 5.41) is 1.76. The third kappa shape index (κ3) is 3.12. The van der Waals surface area contributed by atoms with E-state index in [2.05, 4.69) is 6.07 Å². The summed E-state index contributed by atoms with van der Waals surface area (Å²) in [7, 11) is 1.99. The van der Waals surface area contributed by atoms with Crippen molar-refractivity contribution in [1.29, 1.82) is 0 Å². The van der Waals surface area contributed by atoms with Crippen LogP contribution in [-0.2, 0) is 7.05 Å². The van der Waals surface area contributed by atoms with Crippen LogP contribution < -0.4 is 4.57 Å². The van der Waals surface area contributed by atoms with Crippen molar-refractivity contribution >= 4 is 21.9 Å². The van der Waals surface area contributed by atoms with Gasteiger partial charge in [-0.3, -0.25) is 0 Å². The molecule has 3 heteroatoms. The van der Waals surface area contributed by atoms with Crippen LogP contribution in [-0.4, -0.2) is 0 Å². The number of fused-ring (bicyclic) bond motifs is 3. The van der Waals surface area contributed by atoms with E-state index in [1.165, 1.54) is 6.07 Å². The molecule has 0 saturated heterocycles. The first-order chi connectivity index (χ1) is 16.2. The Bertz CT molecular complexity index is 1530. The van der Waals surface area contributed by atoms with Crippen LogP contribution in [0.2, 0.25) is 0 Å². The second-order valence-electron chi connectivity index (χ2n) is 8.08. The van der Waals surface area contributed by atoms with Crippen LogP contribution in [0, 0.1) is 12.7 Å². The molecule has 0 spiro atoms. The number of pyridine rings is 1. The van der Waals surface area contributed by atoms with Crippen molar-refractivity contribution in [3.8, 4) is 22.4 Å². The van der Waals surface area contributed by atoms with Crippen molar-refractivity contribution < 1.29 is 17.5 Å². The van der Waals surface area contributed by atoms with E-state index in [0.717, 1.165) is 33.2 Å². The van der Waals surface area contributed by atoms with E-state index < -0.39 is 12.8 Å². The fourth-order valence-electron chi connectivity index (χ4n) is 4.29. The summed E-state index contributed by atoms with van der Waals surface area (Å²) < 4.78 is 46.7. The smallest absolute Gasteiger partial charge is 0.216 e. The molecule has 0 aliphatic carbocycles. The normalized spacial score (nSPS) is 14.4. The molecule has 31 heavy (non-hydrogen) atoms. The lowest BCUT2D eigenvalue weighted by atomic mass is 9.96. The number of aromatic nitrogens is 1. The van der Waals surface area contributed by atoms with Crippen LogP contribution in [0.25, 0.3) is 44.3 Å². The highest BCUT2D eigenvalue weighted by atomic mass is 19.1. The monoisotopic (exact) mass is 413 g/mol. The van der Waals surface area contributed by atoms with E-state index in [0.29, 0.717) is 22.3 Å². The molecule has 0 amide bonds. The molecule has 2 heterocycles. The zero-order valence-electron chi connectivity index (χ0n) is 20.7. The lowest BCUT2D eigenvalue weighted by molar-refractivity contribution is -0.660. The van der Waals surface area contributed by atoms with Gasteiger partial charge in [-0.05, 0) is 47.7 Å². The topological polar surface area (TPSA) is 17.0 Å². The van der Waals surface area contributed by atoms with Crippen LogP contribution in [0.15, 0.2) is 77.3 Å². The first kappa shape index (κ1) is 16.3. The van der Waals surface area contributed by atoms with E-state index in [4.69, 9.17) is 8.53 Å². The van der Waals surface area contributed by atoms with E-state index in [9.17, 15) is 0 Å². The highest BCUT2D eigenvalue weighted by molar-refractivity contribution is 6.13. The second kappa shape index (κ2) is 7.35. The molecular formula is C28H25FNO+. The minimum atomic E-state index is -2.09. The van der Waals surface area contributed by atoms with E-state index in [1.54, 1.807) is 37.3 Å². The molecule has 2 aromatic heterocycles. The minimum absolute atomic E-state index is 0.378. The van der Waals surface area contributed by atoms with E-state index in [-0.39, 0.29) is 5.82 Å². The highest BCUT2D eigenvalue weighted by Gasteiger charge is 2.22. The quantitative estimate of drug-likeness (QED) is 0.283. The van der Waals surface area contributed by atoms with Crippen LogP contribution in [0.3, 0.4) is 0 Å². The number of furan rings is 1. The third-order valence-electron chi connectivity index (χ3n) is 5.98. The standard InChI is InChI=1S/C28H25FNO/c1-17(2)19-9-11-20(12-10-19)26-23(29)15-14-22-21-13-8-18(3)25(27(21)31-28(22)26)24-7-5-6-16-30(24)4/h5-17H,1-4H3/q+1/i1D3. The van der Waals surface area contributed by atoms with Crippen molar-refractivity contribution in [1.82, 2.24) is 0 Å². The van der Waals surface area contributed by atoms with Gasteiger partial charge in [-0.2, -0.15) is 0 Å². The Hall–Kier alpha value is -3.46. The minimum Gasteiger partial charge on any atom is -0.454 e. The molecule has 0 N–H and O–H groups in total. The average Bonchev–Trinajstić information content (AvgIpc) is 3.17. The summed E-state index contributed by atoms with van der Waals surface area (Å²) in [6, 6.07) is 20.4. The summed E-state index contributed by atoms with van der Waals surface area (Å²) in [5.74, 6) is -0.989. The number of hydrogen-bond donors (Lipinski definition) is 0. The molecule has 1 atom stereocenters. The Balaban J connectivity index is 1.74. The first-order valence-corrected chi connectivity index (χ1v) is 10.4. The SMILES string of the molecule is [2H]C([2H])([2H])C(C)c1ccc(-c2c(F)ccc3c2oc2c(-c4cccc[n+]4C)c(C)ccc23)cc1. The summed E-state index contributed by atoms with van der Waals surface area (Å²) in [6.45, 7) is 1.63. The van der Waals surface area contributed by atoms with Crippen molar-refractivity contribution in [3.63, 3.8) is 0 Å². The molecule has 5 rings (SSSR count). The zero-order valence-corrected chi connectivity index (χ0v) is 17.7. The van der Waals surface area contributed by atoms with Crippen molar-refractivity contribution in [2.24, 2.45) is 7.05 Å². The van der Waals surface area contributed by atoms with Crippen LogP contribution in [0.5, 0.6) is 0 Å². The highest BCUT2D eigenvalue weighted by Crippen LogP contribution is 2.41. The molecule has 0 aliphatic heterocycles. The van der Waals surface area contributed by atoms with Gasteiger partial charge >= 0.3 is 0 Å². The molecule has 3 aromatic carbocycles. The lowest BCUT2D eigenvalue weighted by Crippen LogP contribution is -2.30. The van der Waals surface area contributed by atoms with Crippen molar-refractivity contribution in [3.05, 3.63) is 89.9 Å². The fourth-order valence-corrected chi connectivity index (χ4v) is 4.29. The molecular weight excluding hydrogens is 385 g/mol. The van der Waals surface area contributed by atoms with Gasteiger partial charge in [0.2, 0.25) is 5.69 Å². The first-order valence-electron chi connectivity index (χ1n) is 11.9. The van der Waals surface area contributed by atoms with Gasteiger partial charge < -0.3 is 4.42 Å². The lowest BCUT2D eigenvalue weighted by Gasteiger charge is -2.08. The van der Waals surface area contributed by atoms with E-state index >= 15 is 4.39 Å². The molecule has 0 saturated carbocycles. The number of halogens is 1. The number of nitrogens with zero attached hydrogens (tertiary/aromatic N) is 1. The van der Waals surface area contributed by atoms with Gasteiger partial charge in [0.1, 0.15) is 24.0 Å². The van der Waals surface area contributed by atoms with Gasteiger partial charge in [-0.15, -0.1) is 0 Å². The van der Waals surface area contributed by atoms with Gasteiger partial charge in [0, 0.05) is 27.0 Å². The Morgan fingerprint density at radius 3 is 2.32 bits per heavy atom. The van der Waals surface area contributed by atoms with Crippen molar-refractivity contribution in [2.75, 3.05) is 0 Å². The van der Waals surface area contributed by atoms with Gasteiger partial charge in [-0.25, -0.2) is 8.96 Å². The average molecular weight is 414 g/mol. The summed E-state index contributed by atoms with van der Waals surface area (Å²) in [5.41, 5.74) is 5.97. The largest absolute Gasteiger partial charge is 0.454 e. The molecule has 2 nitrogen and oxygen atoms in total. The van der Waals surface area contributed by atoms with Gasteiger partial charge in [0.05, 0.1) is 11.1 Å². The number of rotatable bonds is 3. The van der Waals surface area contributed by atoms with Crippen LogP contribution in [0.4, 0.5) is 4.39 Å².